The summed E-state index contributed by atoms with van der Waals surface area (Å²) in [4.78, 5) is 2.43. The predicted octanol–water partition coefficient (Wildman–Crippen LogP) is 3.74. The summed E-state index contributed by atoms with van der Waals surface area (Å²) < 4.78 is 0. The van der Waals surface area contributed by atoms with E-state index in [1.807, 2.05) is 12.1 Å². The highest BCUT2D eigenvalue weighted by Gasteiger charge is 2.12. The van der Waals surface area contributed by atoms with Crippen molar-refractivity contribution in [2.24, 2.45) is 17.6 Å². The van der Waals surface area contributed by atoms with Crippen molar-refractivity contribution < 1.29 is 0 Å². The summed E-state index contributed by atoms with van der Waals surface area (Å²) in [5.74, 6) is 1.31. The minimum Gasteiger partial charge on any atom is -0.384 e. The zero-order valence-electron chi connectivity index (χ0n) is 12.9. The van der Waals surface area contributed by atoms with E-state index in [9.17, 15) is 0 Å². The van der Waals surface area contributed by atoms with Crippen molar-refractivity contribution in [3.8, 4) is 0 Å². The Morgan fingerprint density at radius 3 is 2.15 bits per heavy atom. The topological polar surface area (TPSA) is 53.1 Å². The van der Waals surface area contributed by atoms with Crippen LogP contribution in [0.1, 0.15) is 38.8 Å². The van der Waals surface area contributed by atoms with E-state index in [4.69, 9.17) is 22.7 Å². The smallest absolute Gasteiger partial charge is 0.122 e. The fourth-order valence-electron chi connectivity index (χ4n) is 2.32. The fraction of sp³-hybridized carbons (Fsp3) is 0.562. The summed E-state index contributed by atoms with van der Waals surface area (Å²) >= 11 is 6.31. The van der Waals surface area contributed by atoms with E-state index in [2.05, 4.69) is 32.6 Å². The van der Waals surface area contributed by atoms with Crippen LogP contribution in [0.2, 0.25) is 5.02 Å². The Kier molecular flexibility index (Phi) is 6.50. The largest absolute Gasteiger partial charge is 0.384 e. The summed E-state index contributed by atoms with van der Waals surface area (Å²) in [5.41, 5.74) is 7.25. The van der Waals surface area contributed by atoms with Crippen molar-refractivity contribution in [3.05, 3.63) is 34.3 Å². The van der Waals surface area contributed by atoms with Gasteiger partial charge in [0.25, 0.3) is 0 Å². The molecule has 3 nitrogen and oxygen atoms in total. The van der Waals surface area contributed by atoms with Crippen LogP contribution in [0.4, 0.5) is 0 Å². The Balaban J connectivity index is 2.84. The molecule has 0 aliphatic carbocycles. The van der Waals surface area contributed by atoms with Crippen LogP contribution < -0.4 is 5.73 Å². The van der Waals surface area contributed by atoms with Crippen LogP contribution in [0, 0.1) is 17.2 Å². The lowest BCUT2D eigenvalue weighted by atomic mass is 10.1. The molecule has 112 valence electrons. The highest BCUT2D eigenvalue weighted by atomic mass is 35.5. The lowest BCUT2D eigenvalue weighted by Gasteiger charge is -2.26. The van der Waals surface area contributed by atoms with Gasteiger partial charge in [-0.2, -0.15) is 0 Å². The minimum absolute atomic E-state index is 0.0552. The van der Waals surface area contributed by atoms with Crippen molar-refractivity contribution in [1.82, 2.24) is 4.90 Å². The van der Waals surface area contributed by atoms with Crippen molar-refractivity contribution in [2.75, 3.05) is 13.1 Å². The second kappa shape index (κ2) is 7.65. The Labute approximate surface area is 127 Å². The highest BCUT2D eigenvalue weighted by Crippen LogP contribution is 2.20. The number of benzene rings is 1. The van der Waals surface area contributed by atoms with Crippen molar-refractivity contribution in [1.29, 1.82) is 5.41 Å². The van der Waals surface area contributed by atoms with Gasteiger partial charge < -0.3 is 5.73 Å². The van der Waals surface area contributed by atoms with Crippen molar-refractivity contribution >= 4 is 17.4 Å². The van der Waals surface area contributed by atoms with Crippen molar-refractivity contribution in [2.45, 2.75) is 34.2 Å². The molecule has 0 spiro atoms. The summed E-state index contributed by atoms with van der Waals surface area (Å²) in [5, 5.41) is 8.13. The molecule has 0 unspecified atom stereocenters. The molecule has 0 bridgehead atoms. The molecule has 1 rings (SSSR count). The molecule has 0 aliphatic heterocycles. The van der Waals surface area contributed by atoms with Crippen LogP contribution in [0.25, 0.3) is 0 Å². The molecule has 0 saturated heterocycles. The molecule has 3 N–H and O–H groups in total. The van der Waals surface area contributed by atoms with Gasteiger partial charge in [0, 0.05) is 30.2 Å². The van der Waals surface area contributed by atoms with Gasteiger partial charge in [-0.15, -0.1) is 0 Å². The molecule has 20 heavy (non-hydrogen) atoms. The summed E-state index contributed by atoms with van der Waals surface area (Å²) in [6.45, 7) is 11.9. The van der Waals surface area contributed by atoms with Gasteiger partial charge in [0.05, 0.1) is 0 Å². The molecular formula is C16H26ClN3. The van der Waals surface area contributed by atoms with E-state index in [1.165, 1.54) is 0 Å². The standard InChI is InChI=1S/C16H26ClN3/c1-11(2)8-20(9-12(3)4)10-14-6-5-13(16(18)19)7-15(14)17/h5-7,11-12H,8-10H2,1-4H3,(H3,18,19). The van der Waals surface area contributed by atoms with E-state index >= 15 is 0 Å². The maximum absolute atomic E-state index is 7.44. The van der Waals surface area contributed by atoms with Crippen LogP contribution in [-0.2, 0) is 6.54 Å². The Morgan fingerprint density at radius 2 is 1.75 bits per heavy atom. The first kappa shape index (κ1) is 17.0. The van der Waals surface area contributed by atoms with Gasteiger partial charge in [-0.3, -0.25) is 10.3 Å². The molecule has 1 aromatic carbocycles. The van der Waals surface area contributed by atoms with Crippen LogP contribution in [0.15, 0.2) is 18.2 Å². The number of rotatable bonds is 7. The van der Waals surface area contributed by atoms with E-state index in [-0.39, 0.29) is 5.84 Å². The first-order valence-electron chi connectivity index (χ1n) is 7.14. The maximum atomic E-state index is 7.44. The molecule has 0 saturated carbocycles. The third-order valence-electron chi connectivity index (χ3n) is 3.00. The zero-order chi connectivity index (χ0) is 15.3. The molecule has 4 heteroatoms. The monoisotopic (exact) mass is 295 g/mol. The van der Waals surface area contributed by atoms with Gasteiger partial charge in [0.1, 0.15) is 5.84 Å². The fourth-order valence-corrected chi connectivity index (χ4v) is 2.56. The third-order valence-corrected chi connectivity index (χ3v) is 3.36. The number of nitrogens with one attached hydrogen (secondary N) is 1. The summed E-state index contributed by atoms with van der Waals surface area (Å²) in [7, 11) is 0. The Bertz CT molecular complexity index is 445. The average molecular weight is 296 g/mol. The summed E-state index contributed by atoms with van der Waals surface area (Å²) in [6, 6.07) is 5.63. The first-order valence-corrected chi connectivity index (χ1v) is 7.52. The molecule has 0 atom stereocenters. The van der Waals surface area contributed by atoms with E-state index < -0.39 is 0 Å². The normalized spacial score (nSPS) is 11.6. The number of amidine groups is 1. The van der Waals surface area contributed by atoms with Gasteiger partial charge in [0.2, 0.25) is 0 Å². The molecule has 1 aromatic rings. The van der Waals surface area contributed by atoms with Crippen LogP contribution in [0.5, 0.6) is 0 Å². The minimum atomic E-state index is 0.0552. The average Bonchev–Trinajstić information content (AvgIpc) is 2.29. The quantitative estimate of drug-likeness (QED) is 0.595. The van der Waals surface area contributed by atoms with Gasteiger partial charge in [-0.25, -0.2) is 0 Å². The van der Waals surface area contributed by atoms with Crippen molar-refractivity contribution in [3.63, 3.8) is 0 Å². The van der Waals surface area contributed by atoms with Gasteiger partial charge in [0.15, 0.2) is 0 Å². The molecule has 0 amide bonds. The van der Waals surface area contributed by atoms with E-state index in [0.29, 0.717) is 22.4 Å². The number of nitrogens with zero attached hydrogens (tertiary/aromatic N) is 1. The van der Waals surface area contributed by atoms with Gasteiger partial charge in [-0.1, -0.05) is 51.4 Å². The lowest BCUT2D eigenvalue weighted by molar-refractivity contribution is 0.211. The number of hydrogen-bond acceptors (Lipinski definition) is 2. The molecule has 0 aromatic heterocycles. The second-order valence-electron chi connectivity index (χ2n) is 6.20. The zero-order valence-corrected chi connectivity index (χ0v) is 13.7. The highest BCUT2D eigenvalue weighted by molar-refractivity contribution is 6.31. The molecule has 0 fully saturated rings. The summed E-state index contributed by atoms with van der Waals surface area (Å²) in [6.07, 6.45) is 0. The van der Waals surface area contributed by atoms with Gasteiger partial charge >= 0.3 is 0 Å². The van der Waals surface area contributed by atoms with E-state index in [0.717, 1.165) is 25.2 Å². The van der Waals surface area contributed by atoms with Gasteiger partial charge in [-0.05, 0) is 23.5 Å². The Morgan fingerprint density at radius 1 is 1.20 bits per heavy atom. The first-order chi connectivity index (χ1) is 9.29. The number of nitrogen functional groups attached to an aromatic ring is 1. The van der Waals surface area contributed by atoms with E-state index in [1.54, 1.807) is 6.07 Å². The maximum Gasteiger partial charge on any atom is 0.122 e. The number of hydrogen-bond donors (Lipinski definition) is 2. The van der Waals surface area contributed by atoms with Crippen LogP contribution in [0.3, 0.4) is 0 Å². The molecular weight excluding hydrogens is 270 g/mol. The third kappa shape index (κ3) is 5.51. The molecule has 0 radical (unpaired) electrons. The number of nitrogens with two attached hydrogens (primary N) is 1. The van der Waals surface area contributed by atoms with Crippen LogP contribution >= 0.6 is 11.6 Å². The Hall–Kier alpha value is -1.06. The second-order valence-corrected chi connectivity index (χ2v) is 6.61. The lowest BCUT2D eigenvalue weighted by Crippen LogP contribution is -2.31. The number of halogens is 1. The molecule has 0 heterocycles. The molecule has 0 aliphatic rings. The predicted molar refractivity (Wildman–Crippen MR) is 87.4 cm³/mol. The SMILES string of the molecule is CC(C)CN(Cc1ccc(C(=N)N)cc1Cl)CC(C)C. The van der Waals surface area contributed by atoms with Crippen LogP contribution in [-0.4, -0.2) is 23.8 Å².